The van der Waals surface area contributed by atoms with Crippen molar-refractivity contribution >= 4 is 5.69 Å². The number of aryl methyl sites for hydroxylation is 1. The normalized spacial score (nSPS) is 13.7. The largest absolute Gasteiger partial charge is 0.471 e. The number of hydrogen-bond donors (Lipinski definition) is 1. The highest BCUT2D eigenvalue weighted by atomic mass is 16.5. The van der Waals surface area contributed by atoms with Crippen LogP contribution in [0.4, 0.5) is 5.69 Å². The van der Waals surface area contributed by atoms with Gasteiger partial charge in [0, 0.05) is 0 Å². The Kier molecular flexibility index (Phi) is 1.07. The molecule has 52 valence electrons. The first-order valence-electron chi connectivity index (χ1n) is 3.33. The van der Waals surface area contributed by atoms with E-state index in [1.54, 1.807) is 0 Å². The second-order valence-electron chi connectivity index (χ2n) is 2.47. The average molecular weight is 135 g/mol. The van der Waals surface area contributed by atoms with Gasteiger partial charge < -0.3 is 10.1 Å². The molecule has 0 unspecified atom stereocenters. The summed E-state index contributed by atoms with van der Waals surface area (Å²) in [6.07, 6.45) is 0. The van der Waals surface area contributed by atoms with Gasteiger partial charge in [0.2, 0.25) is 0 Å². The quantitative estimate of drug-likeness (QED) is 0.585. The van der Waals surface area contributed by atoms with Crippen LogP contribution < -0.4 is 10.1 Å². The lowest BCUT2D eigenvalue weighted by Crippen LogP contribution is -1.96. The van der Waals surface area contributed by atoms with Gasteiger partial charge in [-0.3, -0.25) is 0 Å². The van der Waals surface area contributed by atoms with Crippen LogP contribution in [0.15, 0.2) is 18.2 Å². The minimum Gasteiger partial charge on any atom is -0.471 e. The molecule has 0 amide bonds. The standard InChI is InChI=1S/C8H9NO/c1-6-2-3-8-7(4-6)9-5-10-8/h2-4,9H,5H2,1H3. The Morgan fingerprint density at radius 1 is 1.50 bits per heavy atom. The lowest BCUT2D eigenvalue weighted by Gasteiger charge is -1.96. The topological polar surface area (TPSA) is 21.3 Å². The summed E-state index contributed by atoms with van der Waals surface area (Å²) < 4.78 is 5.24. The number of nitrogens with one attached hydrogen (secondary N) is 1. The van der Waals surface area contributed by atoms with Gasteiger partial charge >= 0.3 is 0 Å². The highest BCUT2D eigenvalue weighted by Gasteiger charge is 2.08. The molecular formula is C8H9NO. The van der Waals surface area contributed by atoms with Crippen molar-refractivity contribution in [1.29, 1.82) is 0 Å². The summed E-state index contributed by atoms with van der Waals surface area (Å²) in [5, 5.41) is 3.12. The zero-order chi connectivity index (χ0) is 6.97. The first-order chi connectivity index (χ1) is 4.86. The van der Waals surface area contributed by atoms with Gasteiger partial charge in [0.1, 0.15) is 5.75 Å². The number of benzene rings is 1. The molecule has 2 rings (SSSR count). The Bertz CT molecular complexity index is 257. The average Bonchev–Trinajstić information content (AvgIpc) is 2.33. The maximum atomic E-state index is 5.24. The number of hydrogen-bond acceptors (Lipinski definition) is 2. The molecule has 2 nitrogen and oxygen atoms in total. The minimum atomic E-state index is 0.610. The Labute approximate surface area is 59.8 Å². The van der Waals surface area contributed by atoms with Gasteiger partial charge in [0.15, 0.2) is 6.73 Å². The molecule has 1 heterocycles. The van der Waals surface area contributed by atoms with E-state index in [0.29, 0.717) is 6.73 Å². The molecule has 0 atom stereocenters. The first-order valence-corrected chi connectivity index (χ1v) is 3.33. The van der Waals surface area contributed by atoms with E-state index in [4.69, 9.17) is 4.74 Å². The molecule has 1 N–H and O–H groups in total. The van der Waals surface area contributed by atoms with Crippen LogP contribution in [-0.4, -0.2) is 6.73 Å². The Balaban J connectivity index is 2.52. The molecule has 1 aliphatic rings. The molecule has 0 fully saturated rings. The van der Waals surface area contributed by atoms with Crippen molar-refractivity contribution in [3.8, 4) is 5.75 Å². The Morgan fingerprint density at radius 3 is 3.30 bits per heavy atom. The molecule has 0 radical (unpaired) electrons. The van der Waals surface area contributed by atoms with Crippen molar-refractivity contribution in [3.05, 3.63) is 23.8 Å². The molecule has 0 saturated heterocycles. The fourth-order valence-corrected chi connectivity index (χ4v) is 1.10. The van der Waals surface area contributed by atoms with Crippen molar-refractivity contribution in [2.75, 3.05) is 12.0 Å². The van der Waals surface area contributed by atoms with Gasteiger partial charge in [-0.25, -0.2) is 0 Å². The summed E-state index contributed by atoms with van der Waals surface area (Å²) >= 11 is 0. The molecular weight excluding hydrogens is 126 g/mol. The van der Waals surface area contributed by atoms with Crippen LogP contribution in [0.1, 0.15) is 5.56 Å². The zero-order valence-electron chi connectivity index (χ0n) is 5.85. The van der Waals surface area contributed by atoms with Crippen molar-refractivity contribution < 1.29 is 4.74 Å². The minimum absolute atomic E-state index is 0.610. The number of rotatable bonds is 0. The van der Waals surface area contributed by atoms with E-state index in [2.05, 4.69) is 18.3 Å². The van der Waals surface area contributed by atoms with Crippen LogP contribution in [0, 0.1) is 6.92 Å². The predicted octanol–water partition coefficient (Wildman–Crippen LogP) is 1.76. The van der Waals surface area contributed by atoms with Crippen LogP contribution in [0.5, 0.6) is 5.75 Å². The molecule has 0 aromatic heterocycles. The van der Waals surface area contributed by atoms with Crippen LogP contribution in [0.3, 0.4) is 0 Å². The molecule has 0 bridgehead atoms. The van der Waals surface area contributed by atoms with Crippen molar-refractivity contribution in [1.82, 2.24) is 0 Å². The maximum Gasteiger partial charge on any atom is 0.159 e. The van der Waals surface area contributed by atoms with Gasteiger partial charge in [-0.2, -0.15) is 0 Å². The van der Waals surface area contributed by atoms with Gasteiger partial charge in [-0.1, -0.05) is 6.07 Å². The Morgan fingerprint density at radius 2 is 2.40 bits per heavy atom. The van der Waals surface area contributed by atoms with Crippen LogP contribution in [0.2, 0.25) is 0 Å². The van der Waals surface area contributed by atoms with Crippen molar-refractivity contribution in [2.45, 2.75) is 6.92 Å². The summed E-state index contributed by atoms with van der Waals surface area (Å²) in [5.41, 5.74) is 2.37. The van der Waals surface area contributed by atoms with E-state index in [9.17, 15) is 0 Å². The molecule has 2 heteroatoms. The van der Waals surface area contributed by atoms with Gasteiger partial charge in [-0.15, -0.1) is 0 Å². The second-order valence-corrected chi connectivity index (χ2v) is 2.47. The molecule has 1 aromatic rings. The summed E-state index contributed by atoms with van der Waals surface area (Å²) in [5.74, 6) is 0.964. The van der Waals surface area contributed by atoms with Crippen molar-refractivity contribution in [3.63, 3.8) is 0 Å². The summed E-state index contributed by atoms with van der Waals surface area (Å²) in [4.78, 5) is 0. The van der Waals surface area contributed by atoms with Crippen LogP contribution in [-0.2, 0) is 0 Å². The first kappa shape index (κ1) is 5.59. The van der Waals surface area contributed by atoms with E-state index < -0.39 is 0 Å². The molecule has 0 aliphatic carbocycles. The van der Waals surface area contributed by atoms with Gasteiger partial charge in [0.25, 0.3) is 0 Å². The molecule has 1 aromatic carbocycles. The van der Waals surface area contributed by atoms with E-state index in [-0.39, 0.29) is 0 Å². The summed E-state index contributed by atoms with van der Waals surface area (Å²) in [7, 11) is 0. The van der Waals surface area contributed by atoms with Gasteiger partial charge in [0.05, 0.1) is 5.69 Å². The third kappa shape index (κ3) is 0.727. The maximum absolute atomic E-state index is 5.24. The highest BCUT2D eigenvalue weighted by molar-refractivity contribution is 5.60. The van der Waals surface area contributed by atoms with Gasteiger partial charge in [-0.05, 0) is 24.6 Å². The fraction of sp³-hybridized carbons (Fsp3) is 0.250. The smallest absolute Gasteiger partial charge is 0.159 e. The van der Waals surface area contributed by atoms with Crippen molar-refractivity contribution in [2.24, 2.45) is 0 Å². The number of ether oxygens (including phenoxy) is 1. The van der Waals surface area contributed by atoms with E-state index in [1.807, 2.05) is 12.1 Å². The number of fused-ring (bicyclic) bond motifs is 1. The lowest BCUT2D eigenvalue weighted by molar-refractivity contribution is 0.372. The van der Waals surface area contributed by atoms with E-state index in [0.717, 1.165) is 11.4 Å². The SMILES string of the molecule is Cc1ccc2c(c1)NCO2. The second kappa shape index (κ2) is 1.90. The fourth-order valence-electron chi connectivity index (χ4n) is 1.10. The molecule has 10 heavy (non-hydrogen) atoms. The summed E-state index contributed by atoms with van der Waals surface area (Å²) in [6.45, 7) is 2.68. The molecule has 1 aliphatic heterocycles. The number of anilines is 1. The van der Waals surface area contributed by atoms with Crippen LogP contribution >= 0.6 is 0 Å². The van der Waals surface area contributed by atoms with Crippen LogP contribution in [0.25, 0.3) is 0 Å². The molecule has 0 saturated carbocycles. The zero-order valence-corrected chi connectivity index (χ0v) is 5.85. The van der Waals surface area contributed by atoms with E-state index in [1.165, 1.54) is 5.56 Å². The predicted molar refractivity (Wildman–Crippen MR) is 40.3 cm³/mol. The molecule has 0 spiro atoms. The third-order valence-electron chi connectivity index (χ3n) is 1.63. The third-order valence-corrected chi connectivity index (χ3v) is 1.63. The summed E-state index contributed by atoms with van der Waals surface area (Å²) in [6, 6.07) is 6.12. The van der Waals surface area contributed by atoms with E-state index >= 15 is 0 Å². The Hall–Kier alpha value is -1.18. The highest BCUT2D eigenvalue weighted by Crippen LogP contribution is 2.28. The lowest BCUT2D eigenvalue weighted by atomic mass is 10.2. The monoisotopic (exact) mass is 135 g/mol.